The Bertz CT molecular complexity index is 507. The van der Waals surface area contributed by atoms with Gasteiger partial charge in [0.1, 0.15) is 0 Å². The van der Waals surface area contributed by atoms with Gasteiger partial charge in [0.2, 0.25) is 0 Å². The van der Waals surface area contributed by atoms with E-state index in [0.29, 0.717) is 0 Å². The van der Waals surface area contributed by atoms with Crippen molar-refractivity contribution < 1.29 is 16.5 Å². The third kappa shape index (κ3) is 2.69. The van der Waals surface area contributed by atoms with E-state index in [4.69, 9.17) is 0 Å². The van der Waals surface area contributed by atoms with Gasteiger partial charge in [0.25, 0.3) is 0 Å². The predicted molar refractivity (Wildman–Crippen MR) is 98.4 cm³/mol. The molecular weight excluding hydrogens is 389 g/mol. The van der Waals surface area contributed by atoms with Crippen LogP contribution in [0.5, 0.6) is 0 Å². The van der Waals surface area contributed by atoms with Gasteiger partial charge in [0.05, 0.1) is 0 Å². The monoisotopic (exact) mass is 414 g/mol. The van der Waals surface area contributed by atoms with Crippen molar-refractivity contribution >= 4 is 41.9 Å². The maximum atomic E-state index is 2.71. The summed E-state index contributed by atoms with van der Waals surface area (Å²) in [6.07, 6.45) is 8.30. The first-order chi connectivity index (χ1) is 7.72. The second kappa shape index (κ2) is 5.62. The molecule has 1 aromatic heterocycles. The Morgan fingerprint density at radius 3 is 2.16 bits per heavy atom. The molecule has 1 atom stereocenters. The molecule has 1 aromatic rings. The first-order valence-electron chi connectivity index (χ1n) is 6.65. The van der Waals surface area contributed by atoms with E-state index in [1.165, 1.54) is 6.42 Å². The zero-order valence-electron chi connectivity index (χ0n) is 12.6. The third-order valence-electron chi connectivity index (χ3n) is 6.09. The molecule has 1 aliphatic carbocycles. The molecule has 0 aliphatic heterocycles. The Balaban J connectivity index is 0.00000162. The van der Waals surface area contributed by atoms with Gasteiger partial charge in [-0.3, -0.25) is 0 Å². The molecule has 5 heteroatoms. The van der Waals surface area contributed by atoms with Gasteiger partial charge in [0.15, 0.2) is 0 Å². The van der Waals surface area contributed by atoms with Crippen LogP contribution in [0.3, 0.4) is 0 Å². The van der Waals surface area contributed by atoms with Crippen molar-refractivity contribution in [3.63, 3.8) is 0 Å². The van der Waals surface area contributed by atoms with Crippen LogP contribution in [0.2, 0.25) is 27.0 Å². The molecule has 0 N–H and O–H groups in total. The molecule has 0 saturated carbocycles. The minimum Gasteiger partial charge on any atom is -0.147 e. The van der Waals surface area contributed by atoms with Crippen LogP contribution in [0.4, 0.5) is 0 Å². The smallest absolute Gasteiger partial charge is 0.147 e. The van der Waals surface area contributed by atoms with Crippen LogP contribution in [-0.4, -0.2) is 5.92 Å². The zero-order valence-corrected chi connectivity index (χ0v) is 18.8. The van der Waals surface area contributed by atoms with Crippen LogP contribution >= 0.6 is 33.0 Å². The summed E-state index contributed by atoms with van der Waals surface area (Å²) in [6.45, 7) is 5.17. The first-order valence-corrected chi connectivity index (χ1v) is 24.7. The summed E-state index contributed by atoms with van der Waals surface area (Å²) >= 11 is -3.30. The Morgan fingerprint density at radius 1 is 1.16 bits per heavy atom. The number of hydrogen-bond donors (Lipinski definition) is 0. The fraction of sp³-hybridized carbons (Fsp3) is 0.429. The maximum Gasteiger partial charge on any atom is -0.147 e. The van der Waals surface area contributed by atoms with Crippen molar-refractivity contribution in [3.8, 4) is 0 Å². The van der Waals surface area contributed by atoms with Gasteiger partial charge >= 0.3 is 106 Å². The van der Waals surface area contributed by atoms with E-state index in [1.54, 1.807) is 0 Å². The second-order valence-electron chi connectivity index (χ2n) is 7.84. The van der Waals surface area contributed by atoms with Gasteiger partial charge in [0, 0.05) is 0 Å². The number of halogens is 2. The van der Waals surface area contributed by atoms with Gasteiger partial charge in [-0.25, -0.2) is 0 Å². The number of rotatable bonds is 3. The Kier molecular flexibility index (Phi) is 5.90. The summed E-state index contributed by atoms with van der Waals surface area (Å²) in [5, 5.41) is 0. The largest absolute Gasteiger partial charge is 0.147 e. The van der Waals surface area contributed by atoms with Gasteiger partial charge in [-0.1, -0.05) is 0 Å². The summed E-state index contributed by atoms with van der Waals surface area (Å²) in [7, 11) is 0.949. The predicted octanol–water partition coefficient (Wildman–Crippen LogP) is 5.38. The molecule has 0 spiro atoms. The van der Waals surface area contributed by atoms with Crippen molar-refractivity contribution in [2.24, 2.45) is 0 Å². The number of allylic oxidation sites excluding steroid dienone is 4. The maximum absolute atomic E-state index is 3.30. The normalized spacial score (nSPS) is 18.5. The molecule has 0 aromatic carbocycles. The molecule has 0 amide bonds. The minimum absolute atomic E-state index is 0. The SMILES string of the molecule is C[SiH](C)[Zr]([CH3])([CH3])([CH3])([C]1=CC=CC1)[c]1ccc[pH]1.Cl.Cl. The summed E-state index contributed by atoms with van der Waals surface area (Å²) in [5.41, 5.74) is 0. The van der Waals surface area contributed by atoms with Crippen molar-refractivity contribution in [3.05, 3.63) is 39.4 Å². The van der Waals surface area contributed by atoms with Crippen LogP contribution in [-0.2, 0) is 16.5 Å². The van der Waals surface area contributed by atoms with Crippen molar-refractivity contribution in [1.82, 2.24) is 0 Å². The van der Waals surface area contributed by atoms with Crippen LogP contribution in [0.25, 0.3) is 0 Å². The Labute approximate surface area is 130 Å². The number of hydrogen-bond acceptors (Lipinski definition) is 0. The second-order valence-corrected chi connectivity index (χ2v) is 58.7. The van der Waals surface area contributed by atoms with Gasteiger partial charge in [-0.05, 0) is 0 Å². The standard InChI is InChI=1S/C5H5.C4H4P.C2H7Si.3CH3.2ClH.Zr/c2*1-2-4-5-3-1;1-3-2;;;;;;/h1-3H,4H2;1-3,5H;3H,1-2H3;3*1H3;2*1H;. The van der Waals surface area contributed by atoms with Gasteiger partial charge in [-0.2, -0.15) is 0 Å². The van der Waals surface area contributed by atoms with E-state index >= 15 is 0 Å². The van der Waals surface area contributed by atoms with Crippen LogP contribution in [0.1, 0.15) is 6.42 Å². The summed E-state index contributed by atoms with van der Waals surface area (Å²) in [4.78, 5) is 0. The van der Waals surface area contributed by atoms with Crippen LogP contribution < -0.4 is 3.00 Å². The molecular formula is C14H27Cl2PSiZr. The fourth-order valence-corrected chi connectivity index (χ4v) is 36.9. The van der Waals surface area contributed by atoms with E-state index in [9.17, 15) is 0 Å². The molecule has 2 rings (SSSR count). The average molecular weight is 417 g/mol. The average Bonchev–Trinajstić information content (AvgIpc) is 2.92. The van der Waals surface area contributed by atoms with E-state index < -0.39 is 22.4 Å². The zero-order chi connectivity index (χ0) is 12.8. The molecule has 0 bridgehead atoms. The van der Waals surface area contributed by atoms with E-state index in [0.717, 1.165) is 8.19 Å². The fourth-order valence-electron chi connectivity index (χ4n) is 3.02. The summed E-state index contributed by atoms with van der Waals surface area (Å²) < 4.78 is 11.8. The molecule has 0 fully saturated rings. The van der Waals surface area contributed by atoms with Crippen molar-refractivity contribution in [2.45, 2.75) is 33.4 Å². The molecule has 1 heterocycles. The quantitative estimate of drug-likeness (QED) is 0.580. The summed E-state index contributed by atoms with van der Waals surface area (Å²) in [6, 6.07) is 4.75. The van der Waals surface area contributed by atoms with Crippen LogP contribution in [0.15, 0.2) is 39.4 Å². The summed E-state index contributed by atoms with van der Waals surface area (Å²) in [5.74, 6) is 1.63. The molecule has 19 heavy (non-hydrogen) atoms. The van der Waals surface area contributed by atoms with Crippen molar-refractivity contribution in [1.29, 1.82) is 0 Å². The van der Waals surface area contributed by atoms with Crippen LogP contribution in [0, 0.1) is 0 Å². The topological polar surface area (TPSA) is 0 Å². The third-order valence-corrected chi connectivity index (χ3v) is 71.6. The van der Waals surface area contributed by atoms with E-state index in [1.807, 2.05) is 6.28 Å². The molecule has 110 valence electrons. The molecule has 0 saturated heterocycles. The molecule has 1 aliphatic rings. The minimum atomic E-state index is -3.30. The van der Waals surface area contributed by atoms with Gasteiger partial charge < -0.3 is 0 Å². The Morgan fingerprint density at radius 2 is 1.79 bits per heavy atom. The van der Waals surface area contributed by atoms with E-state index in [-0.39, 0.29) is 24.8 Å². The Hall–Kier alpha value is 0.940. The molecule has 0 nitrogen and oxygen atoms in total. The van der Waals surface area contributed by atoms with Gasteiger partial charge in [-0.15, -0.1) is 24.8 Å². The van der Waals surface area contributed by atoms with E-state index in [2.05, 4.69) is 63.1 Å². The first kappa shape index (κ1) is 19.9. The van der Waals surface area contributed by atoms with Crippen molar-refractivity contribution in [2.75, 3.05) is 0 Å². The molecule has 0 radical (unpaired) electrons. The molecule has 1 unspecified atom stereocenters.